The Morgan fingerprint density at radius 1 is 1.23 bits per heavy atom. The quantitative estimate of drug-likeness (QED) is 0.773. The molecule has 9 heteroatoms. The highest BCUT2D eigenvalue weighted by Gasteiger charge is 2.39. The number of nitrogens with two attached hydrogens (primary N) is 1. The number of hydrogen-bond acceptors (Lipinski definition) is 6. The van der Waals surface area contributed by atoms with Crippen molar-refractivity contribution in [3.63, 3.8) is 0 Å². The van der Waals surface area contributed by atoms with Crippen molar-refractivity contribution in [2.75, 3.05) is 25.4 Å². The van der Waals surface area contributed by atoms with E-state index in [2.05, 4.69) is 15.3 Å². The molecule has 3 rings (SSSR count). The van der Waals surface area contributed by atoms with E-state index in [1.54, 1.807) is 11.0 Å². The van der Waals surface area contributed by atoms with Crippen LogP contribution in [0.25, 0.3) is 0 Å². The third-order valence-electron chi connectivity index (χ3n) is 5.34. The molecule has 0 spiro atoms. The molecule has 0 saturated carbocycles. The van der Waals surface area contributed by atoms with Crippen LogP contribution in [0.1, 0.15) is 49.7 Å². The summed E-state index contributed by atoms with van der Waals surface area (Å²) in [4.78, 5) is 34.6. The topological polar surface area (TPSA) is 110 Å². The number of benzene rings is 1. The Bertz CT molecular complexity index is 952. The van der Waals surface area contributed by atoms with Crippen LogP contribution in [0.3, 0.4) is 0 Å². The first kappa shape index (κ1) is 22.5. The molecule has 1 aromatic heterocycles. The average Bonchev–Trinajstić information content (AvgIpc) is 2.71. The van der Waals surface area contributed by atoms with Crippen molar-refractivity contribution in [1.82, 2.24) is 20.2 Å². The van der Waals surface area contributed by atoms with Gasteiger partial charge in [-0.1, -0.05) is 12.1 Å². The minimum absolute atomic E-state index is 0.0413. The van der Waals surface area contributed by atoms with Crippen molar-refractivity contribution in [3.05, 3.63) is 53.7 Å². The van der Waals surface area contributed by atoms with Gasteiger partial charge in [-0.05, 0) is 51.3 Å². The van der Waals surface area contributed by atoms with Crippen molar-refractivity contribution in [2.45, 2.75) is 44.6 Å². The van der Waals surface area contributed by atoms with Crippen LogP contribution < -0.4 is 11.1 Å². The number of anilines is 1. The van der Waals surface area contributed by atoms with Gasteiger partial charge in [-0.3, -0.25) is 4.79 Å². The maximum absolute atomic E-state index is 14.0. The number of hydrogen-bond donors (Lipinski definition) is 2. The molecule has 166 valence electrons. The second-order valence-corrected chi connectivity index (χ2v) is 8.73. The van der Waals surface area contributed by atoms with Gasteiger partial charge in [0.05, 0.1) is 0 Å². The number of piperidine rings is 1. The number of halogens is 1. The fourth-order valence-corrected chi connectivity index (χ4v) is 3.69. The van der Waals surface area contributed by atoms with Crippen molar-refractivity contribution in [3.8, 4) is 0 Å². The van der Waals surface area contributed by atoms with Gasteiger partial charge in [0.1, 0.15) is 11.4 Å². The monoisotopic (exact) mass is 429 g/mol. The molecule has 1 aliphatic rings. The molecule has 0 unspecified atom stereocenters. The first-order chi connectivity index (χ1) is 14.6. The van der Waals surface area contributed by atoms with E-state index >= 15 is 0 Å². The molecule has 0 aliphatic carbocycles. The minimum atomic E-state index is -0.585. The SMILES string of the molecule is CC(C)(C)OC(=O)N1CCC(CNC(=O)c2nccnc2N)(c2cccc(F)c2)CC1. The fraction of sp³-hybridized carbons (Fsp3) is 0.455. The third kappa shape index (κ3) is 5.48. The summed E-state index contributed by atoms with van der Waals surface area (Å²) in [5.41, 5.74) is 5.43. The zero-order valence-corrected chi connectivity index (χ0v) is 18.0. The fourth-order valence-electron chi connectivity index (χ4n) is 3.69. The maximum Gasteiger partial charge on any atom is 0.410 e. The summed E-state index contributed by atoms with van der Waals surface area (Å²) >= 11 is 0. The first-order valence-electron chi connectivity index (χ1n) is 10.2. The molecular formula is C22H28FN5O3. The third-order valence-corrected chi connectivity index (χ3v) is 5.34. The van der Waals surface area contributed by atoms with Gasteiger partial charge in [0.25, 0.3) is 5.91 Å². The van der Waals surface area contributed by atoms with E-state index in [0.717, 1.165) is 5.56 Å². The number of amides is 2. The Morgan fingerprint density at radius 3 is 2.52 bits per heavy atom. The Balaban J connectivity index is 1.77. The molecule has 1 aliphatic heterocycles. The number of aromatic nitrogens is 2. The summed E-state index contributed by atoms with van der Waals surface area (Å²) in [6, 6.07) is 6.35. The molecule has 0 atom stereocenters. The lowest BCUT2D eigenvalue weighted by atomic mass is 9.72. The van der Waals surface area contributed by atoms with Crippen LogP contribution in [-0.4, -0.2) is 52.1 Å². The van der Waals surface area contributed by atoms with Crippen LogP contribution in [0.5, 0.6) is 0 Å². The number of rotatable bonds is 4. The second kappa shape index (κ2) is 8.87. The van der Waals surface area contributed by atoms with Crippen molar-refractivity contribution in [2.24, 2.45) is 0 Å². The van der Waals surface area contributed by atoms with Crippen LogP contribution in [0.2, 0.25) is 0 Å². The van der Waals surface area contributed by atoms with Gasteiger partial charge in [-0.2, -0.15) is 0 Å². The van der Waals surface area contributed by atoms with Crippen molar-refractivity contribution >= 4 is 17.8 Å². The van der Waals surface area contributed by atoms with Gasteiger partial charge in [0, 0.05) is 37.4 Å². The second-order valence-electron chi connectivity index (χ2n) is 8.73. The van der Waals surface area contributed by atoms with E-state index in [9.17, 15) is 14.0 Å². The number of ether oxygens (including phenoxy) is 1. The van der Waals surface area contributed by atoms with E-state index in [4.69, 9.17) is 10.5 Å². The maximum atomic E-state index is 14.0. The number of nitrogen functional groups attached to an aromatic ring is 1. The van der Waals surface area contributed by atoms with Gasteiger partial charge in [0.15, 0.2) is 11.5 Å². The lowest BCUT2D eigenvalue weighted by Gasteiger charge is -2.42. The Kier molecular flexibility index (Phi) is 6.42. The van der Waals surface area contributed by atoms with Gasteiger partial charge in [0.2, 0.25) is 0 Å². The van der Waals surface area contributed by atoms with E-state index in [1.807, 2.05) is 26.8 Å². The molecule has 2 amide bonds. The molecule has 1 fully saturated rings. The lowest BCUT2D eigenvalue weighted by molar-refractivity contribution is 0.0162. The smallest absolute Gasteiger partial charge is 0.410 e. The molecule has 3 N–H and O–H groups in total. The first-order valence-corrected chi connectivity index (χ1v) is 10.2. The zero-order valence-electron chi connectivity index (χ0n) is 18.0. The van der Waals surface area contributed by atoms with Gasteiger partial charge < -0.3 is 20.7 Å². The molecule has 2 aromatic rings. The highest BCUT2D eigenvalue weighted by atomic mass is 19.1. The van der Waals surface area contributed by atoms with E-state index in [-0.39, 0.29) is 30.0 Å². The van der Waals surface area contributed by atoms with E-state index < -0.39 is 16.9 Å². The molecule has 1 aromatic carbocycles. The highest BCUT2D eigenvalue weighted by Crippen LogP contribution is 2.36. The number of likely N-dealkylation sites (tertiary alicyclic amines) is 1. The number of carbonyl (C=O) groups excluding carboxylic acids is 2. The predicted molar refractivity (Wildman–Crippen MR) is 114 cm³/mol. The van der Waals surface area contributed by atoms with Crippen LogP contribution >= 0.6 is 0 Å². The van der Waals surface area contributed by atoms with Crippen LogP contribution in [-0.2, 0) is 10.2 Å². The molecule has 0 bridgehead atoms. The van der Waals surface area contributed by atoms with Crippen molar-refractivity contribution in [1.29, 1.82) is 0 Å². The summed E-state index contributed by atoms with van der Waals surface area (Å²) in [5.74, 6) is -0.758. The van der Waals surface area contributed by atoms with Crippen molar-refractivity contribution < 1.29 is 18.7 Å². The summed E-state index contributed by atoms with van der Waals surface area (Å²) in [5, 5.41) is 2.87. The van der Waals surface area contributed by atoms with Gasteiger partial charge in [-0.15, -0.1) is 0 Å². The zero-order chi connectivity index (χ0) is 22.6. The molecule has 31 heavy (non-hydrogen) atoms. The molecule has 0 radical (unpaired) electrons. The summed E-state index contributed by atoms with van der Waals surface area (Å²) in [6.45, 7) is 6.55. The molecule has 1 saturated heterocycles. The summed E-state index contributed by atoms with van der Waals surface area (Å²) < 4.78 is 19.5. The average molecular weight is 429 g/mol. The van der Waals surface area contributed by atoms with Gasteiger partial charge in [-0.25, -0.2) is 19.2 Å². The van der Waals surface area contributed by atoms with E-state index in [0.29, 0.717) is 25.9 Å². The number of carbonyl (C=O) groups is 2. The number of nitrogens with one attached hydrogen (secondary N) is 1. The standard InChI is InChI=1S/C22H28FN5O3/c1-21(2,3)31-20(30)28-11-7-22(8-12-28,15-5-4-6-16(23)13-15)14-27-19(29)17-18(24)26-10-9-25-17/h4-6,9-10,13H,7-8,11-12,14H2,1-3H3,(H2,24,26)(H,27,29). The highest BCUT2D eigenvalue weighted by molar-refractivity contribution is 5.96. The molecular weight excluding hydrogens is 401 g/mol. The Hall–Kier alpha value is -3.23. The number of nitrogens with zero attached hydrogens (tertiary/aromatic N) is 3. The predicted octanol–water partition coefficient (Wildman–Crippen LogP) is 2.90. The minimum Gasteiger partial charge on any atom is -0.444 e. The molecule has 2 heterocycles. The Morgan fingerprint density at radius 2 is 1.90 bits per heavy atom. The largest absolute Gasteiger partial charge is 0.444 e. The van der Waals surface area contributed by atoms with E-state index in [1.165, 1.54) is 24.5 Å². The normalized spacial score (nSPS) is 15.9. The summed E-state index contributed by atoms with van der Waals surface area (Å²) in [7, 11) is 0. The summed E-state index contributed by atoms with van der Waals surface area (Å²) in [6.07, 6.45) is 3.49. The van der Waals surface area contributed by atoms with Crippen LogP contribution in [0.15, 0.2) is 36.7 Å². The molecule has 8 nitrogen and oxygen atoms in total. The van der Waals surface area contributed by atoms with Crippen LogP contribution in [0, 0.1) is 5.82 Å². The van der Waals surface area contributed by atoms with Crippen LogP contribution in [0.4, 0.5) is 15.0 Å². The van der Waals surface area contributed by atoms with Gasteiger partial charge >= 0.3 is 6.09 Å². The Labute approximate surface area is 181 Å². The lowest BCUT2D eigenvalue weighted by Crippen LogP contribution is -2.51.